The van der Waals surface area contributed by atoms with Gasteiger partial charge in [-0.15, -0.1) is 0 Å². The first-order valence-electron chi connectivity index (χ1n) is 12.4. The second kappa shape index (κ2) is 11.1. The number of aromatic nitrogens is 1. The van der Waals surface area contributed by atoms with Crippen molar-refractivity contribution in [2.45, 2.75) is 84.3 Å². The summed E-state index contributed by atoms with van der Waals surface area (Å²) in [6.07, 6.45) is 3.34. The highest BCUT2D eigenvalue weighted by Gasteiger charge is 2.25. The van der Waals surface area contributed by atoms with E-state index in [1.165, 1.54) is 0 Å². The Hall–Kier alpha value is -3.12. The van der Waals surface area contributed by atoms with Gasteiger partial charge in [0.25, 0.3) is 0 Å². The summed E-state index contributed by atoms with van der Waals surface area (Å²) in [7, 11) is 0. The van der Waals surface area contributed by atoms with Gasteiger partial charge in [-0.2, -0.15) is 0 Å². The highest BCUT2D eigenvalue weighted by molar-refractivity contribution is 5.86. The van der Waals surface area contributed by atoms with Crippen molar-refractivity contribution in [3.8, 4) is 5.75 Å². The lowest BCUT2D eigenvalue weighted by molar-refractivity contribution is 0.00681. The normalized spacial score (nSPS) is 18.3. The minimum Gasteiger partial charge on any atom is -0.488 e. The summed E-state index contributed by atoms with van der Waals surface area (Å²) in [5.41, 5.74) is 3.46. The van der Waals surface area contributed by atoms with Gasteiger partial charge in [0.05, 0.1) is 23.9 Å². The number of nitrogens with zero attached hydrogens (tertiary/aromatic N) is 1. The smallest absolute Gasteiger partial charge is 0.407 e. The van der Waals surface area contributed by atoms with Crippen molar-refractivity contribution in [1.29, 1.82) is 0 Å². The molecule has 35 heavy (non-hydrogen) atoms. The van der Waals surface area contributed by atoms with E-state index in [9.17, 15) is 4.79 Å². The number of alkyl carbamates (subject to hydrolysis) is 1. The SMILES string of the molecule is Cc1c(CO[C@H]2CC[C@H](NC(=O)OC(C)(C)C)CC2)nc2ccccc2c1OCc1ccccc1. The lowest BCUT2D eigenvalue weighted by Crippen LogP contribution is -2.41. The van der Waals surface area contributed by atoms with Crippen molar-refractivity contribution in [2.24, 2.45) is 0 Å². The number of pyridine rings is 1. The fraction of sp³-hybridized carbons (Fsp3) is 0.448. The maximum absolute atomic E-state index is 12.1. The summed E-state index contributed by atoms with van der Waals surface area (Å²) in [5, 5.41) is 4.00. The number of carbonyl (C=O) groups is 1. The Labute approximate surface area is 208 Å². The lowest BCUT2D eigenvalue weighted by atomic mass is 9.93. The Kier molecular flexibility index (Phi) is 7.91. The monoisotopic (exact) mass is 476 g/mol. The van der Waals surface area contributed by atoms with Crippen molar-refractivity contribution in [3.05, 3.63) is 71.4 Å². The largest absolute Gasteiger partial charge is 0.488 e. The first-order chi connectivity index (χ1) is 16.8. The van der Waals surface area contributed by atoms with Gasteiger partial charge >= 0.3 is 6.09 Å². The summed E-state index contributed by atoms with van der Waals surface area (Å²) in [6.45, 7) is 8.62. The van der Waals surface area contributed by atoms with Gasteiger partial charge in [-0.1, -0.05) is 42.5 Å². The molecular weight excluding hydrogens is 440 g/mol. The zero-order valence-corrected chi connectivity index (χ0v) is 21.2. The number of ether oxygens (including phenoxy) is 3. The number of carbonyl (C=O) groups excluding carboxylic acids is 1. The Morgan fingerprint density at radius 2 is 1.66 bits per heavy atom. The predicted octanol–water partition coefficient (Wildman–Crippen LogP) is 6.47. The van der Waals surface area contributed by atoms with Crippen molar-refractivity contribution < 1.29 is 19.0 Å². The molecule has 1 amide bonds. The molecule has 0 saturated heterocycles. The van der Waals surface area contributed by atoms with Gasteiger partial charge in [0, 0.05) is 17.0 Å². The van der Waals surface area contributed by atoms with E-state index in [1.54, 1.807) is 0 Å². The van der Waals surface area contributed by atoms with Crippen LogP contribution < -0.4 is 10.1 Å². The first kappa shape index (κ1) is 25.0. The van der Waals surface area contributed by atoms with Crippen LogP contribution in [0.1, 0.15) is 63.3 Å². The molecule has 0 spiro atoms. The standard InChI is InChI=1S/C29H36N2O4/c1-20-26(19-33-23-16-14-22(15-17-23)30-28(32)35-29(2,3)4)31-25-13-9-8-12-24(25)27(20)34-18-21-10-6-5-7-11-21/h5-13,22-23H,14-19H2,1-4H3,(H,30,32)/t22-,23-. The van der Waals surface area contributed by atoms with Crippen LogP contribution in [-0.4, -0.2) is 28.8 Å². The molecule has 0 unspecified atom stereocenters. The second-order valence-electron chi connectivity index (χ2n) is 10.2. The number of nitrogens with one attached hydrogen (secondary N) is 1. The number of amides is 1. The average molecular weight is 477 g/mol. The molecule has 0 bridgehead atoms. The zero-order chi connectivity index (χ0) is 24.8. The highest BCUT2D eigenvalue weighted by Crippen LogP contribution is 2.32. The van der Waals surface area contributed by atoms with Gasteiger partial charge in [0.15, 0.2) is 0 Å². The average Bonchev–Trinajstić information content (AvgIpc) is 2.82. The van der Waals surface area contributed by atoms with Gasteiger partial charge in [-0.05, 0) is 71.1 Å². The molecule has 0 aliphatic heterocycles. The summed E-state index contributed by atoms with van der Waals surface area (Å²) in [5.74, 6) is 0.864. The Bertz CT molecular complexity index is 1130. The zero-order valence-electron chi connectivity index (χ0n) is 21.2. The topological polar surface area (TPSA) is 69.7 Å². The quantitative estimate of drug-likeness (QED) is 0.423. The van der Waals surface area contributed by atoms with E-state index in [2.05, 4.69) is 30.4 Å². The van der Waals surface area contributed by atoms with Crippen LogP contribution in [0.3, 0.4) is 0 Å². The van der Waals surface area contributed by atoms with Crippen LogP contribution in [0.15, 0.2) is 54.6 Å². The molecule has 3 aromatic rings. The van der Waals surface area contributed by atoms with Crippen LogP contribution >= 0.6 is 0 Å². The summed E-state index contributed by atoms with van der Waals surface area (Å²) < 4.78 is 18.0. The summed E-state index contributed by atoms with van der Waals surface area (Å²) in [4.78, 5) is 16.9. The van der Waals surface area contributed by atoms with E-state index in [1.807, 2.05) is 57.2 Å². The number of fused-ring (bicyclic) bond motifs is 1. The molecule has 1 heterocycles. The van der Waals surface area contributed by atoms with E-state index >= 15 is 0 Å². The molecule has 4 rings (SSSR count). The number of benzene rings is 2. The van der Waals surface area contributed by atoms with Crippen LogP contribution in [0.5, 0.6) is 5.75 Å². The van der Waals surface area contributed by atoms with Crippen LogP contribution in [-0.2, 0) is 22.7 Å². The maximum Gasteiger partial charge on any atom is 0.407 e. The first-order valence-corrected chi connectivity index (χ1v) is 12.4. The maximum atomic E-state index is 12.1. The van der Waals surface area contributed by atoms with Gasteiger partial charge in [-0.25, -0.2) is 9.78 Å². The van der Waals surface area contributed by atoms with Gasteiger partial charge in [0.2, 0.25) is 0 Å². The van der Waals surface area contributed by atoms with E-state index in [0.29, 0.717) is 13.2 Å². The molecule has 2 aromatic carbocycles. The summed E-state index contributed by atoms with van der Waals surface area (Å²) >= 11 is 0. The fourth-order valence-corrected chi connectivity index (χ4v) is 4.43. The van der Waals surface area contributed by atoms with E-state index in [-0.39, 0.29) is 18.2 Å². The molecule has 186 valence electrons. The minimum atomic E-state index is -0.487. The molecule has 1 aromatic heterocycles. The number of hydrogen-bond donors (Lipinski definition) is 1. The lowest BCUT2D eigenvalue weighted by Gasteiger charge is -2.30. The van der Waals surface area contributed by atoms with E-state index in [0.717, 1.165) is 59.2 Å². The second-order valence-corrected chi connectivity index (χ2v) is 10.2. The molecule has 1 N–H and O–H groups in total. The fourth-order valence-electron chi connectivity index (χ4n) is 4.43. The Morgan fingerprint density at radius 3 is 2.37 bits per heavy atom. The molecule has 1 fully saturated rings. The van der Waals surface area contributed by atoms with Crippen LogP contribution in [0.25, 0.3) is 10.9 Å². The molecule has 6 heteroatoms. The molecule has 0 radical (unpaired) electrons. The number of rotatable bonds is 7. The highest BCUT2D eigenvalue weighted by atomic mass is 16.6. The van der Waals surface area contributed by atoms with Crippen LogP contribution in [0, 0.1) is 6.92 Å². The van der Waals surface area contributed by atoms with Crippen molar-refractivity contribution in [2.75, 3.05) is 0 Å². The Morgan fingerprint density at radius 1 is 0.971 bits per heavy atom. The number of para-hydroxylation sites is 1. The van der Waals surface area contributed by atoms with E-state index in [4.69, 9.17) is 19.2 Å². The van der Waals surface area contributed by atoms with Crippen LogP contribution in [0.4, 0.5) is 4.79 Å². The third kappa shape index (κ3) is 6.95. The Balaban J connectivity index is 1.37. The van der Waals surface area contributed by atoms with Gasteiger partial charge in [-0.3, -0.25) is 0 Å². The minimum absolute atomic E-state index is 0.128. The molecule has 0 atom stereocenters. The van der Waals surface area contributed by atoms with Gasteiger partial charge < -0.3 is 19.5 Å². The number of hydrogen-bond acceptors (Lipinski definition) is 5. The predicted molar refractivity (Wildman–Crippen MR) is 137 cm³/mol. The third-order valence-electron chi connectivity index (χ3n) is 6.25. The van der Waals surface area contributed by atoms with Crippen LogP contribution in [0.2, 0.25) is 0 Å². The molecule has 1 aliphatic rings. The molecule has 1 aliphatic carbocycles. The molecule has 1 saturated carbocycles. The summed E-state index contributed by atoms with van der Waals surface area (Å²) in [6, 6.07) is 18.4. The molecule has 6 nitrogen and oxygen atoms in total. The van der Waals surface area contributed by atoms with Crippen molar-refractivity contribution in [3.63, 3.8) is 0 Å². The van der Waals surface area contributed by atoms with Gasteiger partial charge in [0.1, 0.15) is 18.0 Å². The molecular formula is C29H36N2O4. The van der Waals surface area contributed by atoms with Crippen molar-refractivity contribution >= 4 is 17.0 Å². The van der Waals surface area contributed by atoms with E-state index < -0.39 is 5.60 Å². The third-order valence-corrected chi connectivity index (χ3v) is 6.25. The van der Waals surface area contributed by atoms with Crippen molar-refractivity contribution in [1.82, 2.24) is 10.3 Å².